The van der Waals surface area contributed by atoms with Crippen molar-refractivity contribution in [1.29, 1.82) is 0 Å². The molecular formula is C33H48NO9+. The fourth-order valence-electron chi connectivity index (χ4n) is 6.34. The van der Waals surface area contributed by atoms with Gasteiger partial charge in [-0.15, -0.1) is 0 Å². The summed E-state index contributed by atoms with van der Waals surface area (Å²) in [5, 5.41) is 18.7. The highest BCUT2D eigenvalue weighted by Crippen LogP contribution is 2.45. The zero-order valence-corrected chi connectivity index (χ0v) is 26.4. The van der Waals surface area contributed by atoms with E-state index < -0.39 is 17.9 Å². The first-order valence-electron chi connectivity index (χ1n) is 14.9. The maximum Gasteiger partial charge on any atom is 0.306 e. The van der Waals surface area contributed by atoms with Gasteiger partial charge in [-0.25, -0.2) is 0 Å². The van der Waals surface area contributed by atoms with Crippen LogP contribution in [-0.2, 0) is 22.4 Å². The van der Waals surface area contributed by atoms with E-state index >= 15 is 0 Å². The third kappa shape index (κ3) is 8.46. The minimum absolute atomic E-state index is 0.0608. The van der Waals surface area contributed by atoms with Gasteiger partial charge in [0.05, 0.1) is 61.6 Å². The van der Waals surface area contributed by atoms with Crippen LogP contribution in [0.25, 0.3) is 0 Å². The van der Waals surface area contributed by atoms with E-state index in [4.69, 9.17) is 28.8 Å². The zero-order chi connectivity index (χ0) is 31.6. The van der Waals surface area contributed by atoms with Gasteiger partial charge in [0.25, 0.3) is 0 Å². The lowest BCUT2D eigenvalue weighted by Gasteiger charge is -2.46. The highest BCUT2D eigenvalue weighted by molar-refractivity contribution is 5.69. The van der Waals surface area contributed by atoms with E-state index in [9.17, 15) is 14.7 Å². The van der Waals surface area contributed by atoms with Crippen molar-refractivity contribution >= 4 is 11.9 Å². The Morgan fingerprint density at radius 3 is 1.98 bits per heavy atom. The van der Waals surface area contributed by atoms with E-state index in [0.29, 0.717) is 54.4 Å². The van der Waals surface area contributed by atoms with Crippen LogP contribution in [0.4, 0.5) is 0 Å². The van der Waals surface area contributed by atoms with E-state index in [0.717, 1.165) is 48.8 Å². The van der Waals surface area contributed by atoms with E-state index in [1.165, 1.54) is 11.1 Å². The molecule has 0 bridgehead atoms. The van der Waals surface area contributed by atoms with Gasteiger partial charge >= 0.3 is 11.9 Å². The molecule has 0 saturated carbocycles. The number of aliphatic carboxylic acids is 2. The molecule has 238 valence electrons. The normalized spacial score (nSPS) is 18.3. The van der Waals surface area contributed by atoms with Crippen molar-refractivity contribution in [2.75, 3.05) is 55.7 Å². The lowest BCUT2D eigenvalue weighted by atomic mass is 9.85. The number of nitrogens with zero attached hydrogens (tertiary/aromatic N) is 1. The summed E-state index contributed by atoms with van der Waals surface area (Å²) < 4.78 is 28.9. The summed E-state index contributed by atoms with van der Waals surface area (Å²) in [6, 6.07) is 8.21. The van der Waals surface area contributed by atoms with Gasteiger partial charge in [0, 0.05) is 24.8 Å². The molecule has 0 spiro atoms. The minimum atomic E-state index is -0.813. The minimum Gasteiger partial charge on any atom is -0.493 e. The lowest BCUT2D eigenvalue weighted by molar-refractivity contribution is -0.941. The van der Waals surface area contributed by atoms with Gasteiger partial charge in [0.15, 0.2) is 23.0 Å². The lowest BCUT2D eigenvalue weighted by Crippen LogP contribution is -2.52. The molecule has 2 N–H and O–H groups in total. The van der Waals surface area contributed by atoms with Crippen LogP contribution in [0.1, 0.15) is 67.7 Å². The maximum atomic E-state index is 12.0. The average Bonchev–Trinajstić information content (AvgIpc) is 2.99. The van der Waals surface area contributed by atoms with Crippen LogP contribution >= 0.6 is 0 Å². The number of benzene rings is 2. The van der Waals surface area contributed by atoms with Crippen LogP contribution in [0.15, 0.2) is 24.3 Å². The van der Waals surface area contributed by atoms with Crippen molar-refractivity contribution < 1.29 is 48.0 Å². The van der Waals surface area contributed by atoms with Crippen LogP contribution < -0.4 is 23.7 Å². The second-order valence-corrected chi connectivity index (χ2v) is 11.5. The van der Waals surface area contributed by atoms with Crippen molar-refractivity contribution in [2.45, 2.75) is 63.8 Å². The van der Waals surface area contributed by atoms with Crippen molar-refractivity contribution in [3.8, 4) is 28.7 Å². The Morgan fingerprint density at radius 1 is 0.814 bits per heavy atom. The molecule has 0 radical (unpaired) electrons. The standard InChI is InChI=1S/C33H47NO9/c1-34(15-10-12-23(33(37)38)11-8-7-9-13-31(35)36)16-14-24-20-27(39-2)28(40-3)21-25(24)26(34)17-22-18-29(41-4)32(43-6)30(19-22)42-5/h18-21,23,26H,7-17H2,1-6H3,(H-,35,36,37,38)/p+1/t23?,26-,34+/m1/s1. The number of ether oxygens (including phenoxy) is 5. The number of carboxylic acid groups (broad SMARTS) is 2. The first kappa shape index (κ1) is 33.8. The molecule has 0 fully saturated rings. The van der Waals surface area contributed by atoms with E-state index in [1.54, 1.807) is 35.5 Å². The number of carboxylic acids is 2. The number of methoxy groups -OCH3 is 5. The molecule has 0 saturated heterocycles. The molecule has 1 unspecified atom stereocenters. The Morgan fingerprint density at radius 2 is 1.42 bits per heavy atom. The van der Waals surface area contributed by atoms with E-state index in [1.807, 2.05) is 12.1 Å². The third-order valence-electron chi connectivity index (χ3n) is 8.82. The summed E-state index contributed by atoms with van der Waals surface area (Å²) in [7, 11) is 10.4. The summed E-state index contributed by atoms with van der Waals surface area (Å²) >= 11 is 0. The summed E-state index contributed by atoms with van der Waals surface area (Å²) in [4.78, 5) is 22.8. The molecule has 43 heavy (non-hydrogen) atoms. The molecule has 0 amide bonds. The Hall–Kier alpha value is -3.66. The van der Waals surface area contributed by atoms with Gasteiger partial charge in [-0.2, -0.15) is 0 Å². The van der Waals surface area contributed by atoms with E-state index in [2.05, 4.69) is 19.2 Å². The van der Waals surface area contributed by atoms with Crippen molar-refractivity contribution in [2.24, 2.45) is 5.92 Å². The number of hydrogen-bond donors (Lipinski definition) is 2. The molecule has 0 aromatic heterocycles. The zero-order valence-electron chi connectivity index (χ0n) is 26.4. The topological polar surface area (TPSA) is 121 Å². The Bertz CT molecular complexity index is 1220. The van der Waals surface area contributed by atoms with Gasteiger partial charge in [0.1, 0.15) is 6.04 Å². The molecule has 10 nitrogen and oxygen atoms in total. The van der Waals surface area contributed by atoms with Gasteiger partial charge < -0.3 is 38.4 Å². The number of unbranched alkanes of at least 4 members (excludes halogenated alkanes) is 2. The van der Waals surface area contributed by atoms with Crippen LogP contribution in [0.5, 0.6) is 28.7 Å². The largest absolute Gasteiger partial charge is 0.493 e. The molecular weight excluding hydrogens is 554 g/mol. The SMILES string of the molecule is COc1cc2c(cc1OC)[C@@H](Cc1cc(OC)c(OC)c(OC)c1)[N@@+](C)(CCCC(CCCCCC(=O)O)C(=O)O)CC2. The first-order chi connectivity index (χ1) is 20.6. The predicted molar refractivity (Wildman–Crippen MR) is 163 cm³/mol. The highest BCUT2D eigenvalue weighted by Gasteiger charge is 2.40. The number of rotatable bonds is 18. The molecule has 10 heteroatoms. The summed E-state index contributed by atoms with van der Waals surface area (Å²) in [5.41, 5.74) is 3.44. The fourth-order valence-corrected chi connectivity index (χ4v) is 6.34. The Balaban J connectivity index is 1.88. The molecule has 3 atom stereocenters. The monoisotopic (exact) mass is 602 g/mol. The maximum absolute atomic E-state index is 12.0. The molecule has 1 aliphatic heterocycles. The van der Waals surface area contributed by atoms with Crippen molar-refractivity contribution in [3.05, 3.63) is 41.0 Å². The van der Waals surface area contributed by atoms with Gasteiger partial charge in [0.2, 0.25) is 5.75 Å². The molecule has 1 heterocycles. The highest BCUT2D eigenvalue weighted by atomic mass is 16.5. The van der Waals surface area contributed by atoms with Crippen LogP contribution in [-0.4, -0.2) is 82.3 Å². The number of likely N-dealkylation sites (N-methyl/N-ethyl adjacent to an activating group) is 1. The molecule has 0 aliphatic carbocycles. The molecule has 2 aromatic rings. The molecule has 2 aromatic carbocycles. The van der Waals surface area contributed by atoms with Crippen molar-refractivity contribution in [1.82, 2.24) is 0 Å². The summed E-state index contributed by atoms with van der Waals surface area (Å²) in [5.74, 6) is 1.09. The number of fused-ring (bicyclic) bond motifs is 1. The van der Waals surface area contributed by atoms with Crippen LogP contribution in [0.3, 0.4) is 0 Å². The van der Waals surface area contributed by atoms with Gasteiger partial charge in [-0.05, 0) is 61.1 Å². The first-order valence-corrected chi connectivity index (χ1v) is 14.9. The smallest absolute Gasteiger partial charge is 0.306 e. The van der Waals surface area contributed by atoms with Crippen LogP contribution in [0.2, 0.25) is 0 Å². The molecule has 1 aliphatic rings. The average molecular weight is 603 g/mol. The van der Waals surface area contributed by atoms with Crippen molar-refractivity contribution in [3.63, 3.8) is 0 Å². The van der Waals surface area contributed by atoms with Gasteiger partial charge in [-0.1, -0.05) is 12.8 Å². The van der Waals surface area contributed by atoms with E-state index in [-0.39, 0.29) is 12.5 Å². The number of carbonyl (C=O) groups is 2. The van der Waals surface area contributed by atoms with Crippen LogP contribution in [0, 0.1) is 5.92 Å². The second kappa shape index (κ2) is 15.7. The summed E-state index contributed by atoms with van der Waals surface area (Å²) in [6.45, 7) is 1.70. The second-order valence-electron chi connectivity index (χ2n) is 11.5. The Kier molecular flexibility index (Phi) is 12.4. The number of quaternary nitrogens is 1. The third-order valence-corrected chi connectivity index (χ3v) is 8.82. The van der Waals surface area contributed by atoms with Gasteiger partial charge in [-0.3, -0.25) is 9.59 Å². The predicted octanol–water partition coefficient (Wildman–Crippen LogP) is 5.53. The Labute approximate surface area is 255 Å². The quantitative estimate of drug-likeness (QED) is 0.168. The number of hydrogen-bond acceptors (Lipinski definition) is 7. The fraction of sp³-hybridized carbons (Fsp3) is 0.576. The molecule has 3 rings (SSSR count). The summed E-state index contributed by atoms with van der Waals surface area (Å²) in [6.07, 6.45) is 5.61.